The van der Waals surface area contributed by atoms with E-state index in [0.29, 0.717) is 0 Å². The van der Waals surface area contributed by atoms with Gasteiger partial charge in [-0.15, -0.1) is 0 Å². The monoisotopic (exact) mass is 173 g/mol. The molecule has 1 heterocycles. The molecule has 1 N–H and O–H groups in total. The molecule has 1 aliphatic heterocycles. The molecule has 66 valence electrons. The Labute approximate surface area is 74.3 Å². The highest BCUT2D eigenvalue weighted by Gasteiger charge is 2.15. The zero-order chi connectivity index (χ0) is 8.10. The number of hydrogen-bond acceptors (Lipinski definition) is 2. The molecular weight excluding hydrogens is 154 g/mol. The Bertz CT molecular complexity index is 97.0. The quantitative estimate of drug-likeness (QED) is 0.683. The van der Waals surface area contributed by atoms with Crippen LogP contribution < -0.4 is 5.32 Å². The highest BCUT2D eigenvalue weighted by atomic mass is 32.2. The summed E-state index contributed by atoms with van der Waals surface area (Å²) in [5.74, 6) is 2.35. The van der Waals surface area contributed by atoms with Crippen molar-refractivity contribution in [3.63, 3.8) is 0 Å². The van der Waals surface area contributed by atoms with Gasteiger partial charge in [-0.1, -0.05) is 13.8 Å². The van der Waals surface area contributed by atoms with Crippen LogP contribution in [-0.2, 0) is 0 Å². The Morgan fingerprint density at radius 1 is 1.55 bits per heavy atom. The molecule has 0 aromatic heterocycles. The van der Waals surface area contributed by atoms with Crippen molar-refractivity contribution in [2.24, 2.45) is 5.92 Å². The van der Waals surface area contributed by atoms with Crippen LogP contribution in [0.1, 0.15) is 26.7 Å². The van der Waals surface area contributed by atoms with Crippen molar-refractivity contribution < 1.29 is 0 Å². The summed E-state index contributed by atoms with van der Waals surface area (Å²) in [4.78, 5) is 0. The topological polar surface area (TPSA) is 12.0 Å². The molecule has 0 bridgehead atoms. The molecule has 1 nitrogen and oxygen atoms in total. The van der Waals surface area contributed by atoms with Gasteiger partial charge in [0.1, 0.15) is 0 Å². The van der Waals surface area contributed by atoms with Crippen LogP contribution in [0.5, 0.6) is 0 Å². The third-order valence-electron chi connectivity index (χ3n) is 2.37. The minimum atomic E-state index is 0.864. The van der Waals surface area contributed by atoms with Crippen LogP contribution in [0.3, 0.4) is 0 Å². The first-order valence-corrected chi connectivity index (χ1v) is 5.70. The Kier molecular flexibility index (Phi) is 4.31. The molecular formula is C9H19NS. The van der Waals surface area contributed by atoms with Crippen LogP contribution in [0.2, 0.25) is 0 Å². The number of thioether (sulfide) groups is 1. The highest BCUT2D eigenvalue weighted by molar-refractivity contribution is 7.99. The average molecular weight is 173 g/mol. The van der Waals surface area contributed by atoms with Gasteiger partial charge in [-0.05, 0) is 37.6 Å². The summed E-state index contributed by atoms with van der Waals surface area (Å²) in [6.07, 6.45) is 2.73. The molecule has 0 aromatic carbocycles. The summed E-state index contributed by atoms with van der Waals surface area (Å²) in [6, 6.07) is 0. The predicted octanol–water partition coefficient (Wildman–Crippen LogP) is 2.13. The van der Waals surface area contributed by atoms with Crippen LogP contribution >= 0.6 is 11.8 Å². The van der Waals surface area contributed by atoms with Crippen LogP contribution in [0, 0.1) is 5.92 Å². The van der Waals surface area contributed by atoms with Crippen LogP contribution in [0.4, 0.5) is 0 Å². The largest absolute Gasteiger partial charge is 0.316 e. The van der Waals surface area contributed by atoms with E-state index in [-0.39, 0.29) is 0 Å². The van der Waals surface area contributed by atoms with E-state index in [1.807, 2.05) is 0 Å². The molecule has 1 atom stereocenters. The number of rotatable bonds is 5. The van der Waals surface area contributed by atoms with Gasteiger partial charge >= 0.3 is 0 Å². The molecule has 1 saturated heterocycles. The predicted molar refractivity (Wildman–Crippen MR) is 53.2 cm³/mol. The lowest BCUT2D eigenvalue weighted by molar-refractivity contribution is 0.341. The summed E-state index contributed by atoms with van der Waals surface area (Å²) >= 11 is 2.13. The lowest BCUT2D eigenvalue weighted by atomic mass is 10.0. The fourth-order valence-corrected chi connectivity index (χ4v) is 2.21. The van der Waals surface area contributed by atoms with Gasteiger partial charge in [0.15, 0.2) is 0 Å². The molecule has 0 radical (unpaired) electrons. The van der Waals surface area contributed by atoms with E-state index in [1.54, 1.807) is 0 Å². The van der Waals surface area contributed by atoms with Gasteiger partial charge in [0.05, 0.1) is 0 Å². The standard InChI is InChI=1S/C9H19NS/c1-3-8(2)11-5-4-9-6-10-7-9/h8-10H,3-7H2,1-2H3. The first-order chi connectivity index (χ1) is 5.33. The summed E-state index contributed by atoms with van der Waals surface area (Å²) in [5, 5.41) is 4.17. The van der Waals surface area contributed by atoms with Crippen molar-refractivity contribution in [3.8, 4) is 0 Å². The van der Waals surface area contributed by atoms with E-state index in [1.165, 1.54) is 31.7 Å². The maximum Gasteiger partial charge on any atom is 0.00160 e. The van der Waals surface area contributed by atoms with Crippen molar-refractivity contribution in [1.29, 1.82) is 0 Å². The lowest BCUT2D eigenvalue weighted by Gasteiger charge is -2.27. The first-order valence-electron chi connectivity index (χ1n) is 4.65. The van der Waals surface area contributed by atoms with Crippen LogP contribution in [0.15, 0.2) is 0 Å². The molecule has 0 aromatic rings. The van der Waals surface area contributed by atoms with Crippen LogP contribution in [0.25, 0.3) is 0 Å². The van der Waals surface area contributed by atoms with Crippen molar-refractivity contribution in [3.05, 3.63) is 0 Å². The Balaban J connectivity index is 1.86. The second-order valence-corrected chi connectivity index (χ2v) is 4.95. The van der Waals surface area contributed by atoms with Gasteiger partial charge in [0.25, 0.3) is 0 Å². The molecule has 0 amide bonds. The molecule has 1 unspecified atom stereocenters. The second-order valence-electron chi connectivity index (χ2n) is 3.40. The van der Waals surface area contributed by atoms with Gasteiger partial charge < -0.3 is 5.32 Å². The zero-order valence-corrected chi connectivity index (χ0v) is 8.41. The van der Waals surface area contributed by atoms with E-state index in [4.69, 9.17) is 0 Å². The molecule has 1 aliphatic rings. The molecule has 0 saturated carbocycles. The van der Waals surface area contributed by atoms with Gasteiger partial charge in [-0.2, -0.15) is 11.8 Å². The van der Waals surface area contributed by atoms with E-state index in [9.17, 15) is 0 Å². The first kappa shape index (κ1) is 9.40. The van der Waals surface area contributed by atoms with E-state index < -0.39 is 0 Å². The minimum absolute atomic E-state index is 0.864. The van der Waals surface area contributed by atoms with Crippen LogP contribution in [-0.4, -0.2) is 24.1 Å². The maximum atomic E-state index is 3.30. The van der Waals surface area contributed by atoms with Crippen molar-refractivity contribution in [2.75, 3.05) is 18.8 Å². The maximum absolute atomic E-state index is 3.30. The minimum Gasteiger partial charge on any atom is -0.316 e. The highest BCUT2D eigenvalue weighted by Crippen LogP contribution is 2.18. The van der Waals surface area contributed by atoms with E-state index >= 15 is 0 Å². The second kappa shape index (κ2) is 5.04. The smallest absolute Gasteiger partial charge is 0.00160 e. The lowest BCUT2D eigenvalue weighted by Crippen LogP contribution is -2.42. The number of hydrogen-bond donors (Lipinski definition) is 1. The molecule has 0 spiro atoms. The van der Waals surface area contributed by atoms with Crippen molar-refractivity contribution in [2.45, 2.75) is 31.9 Å². The Hall–Kier alpha value is 0.310. The summed E-state index contributed by atoms with van der Waals surface area (Å²) < 4.78 is 0. The molecule has 1 fully saturated rings. The Morgan fingerprint density at radius 3 is 2.73 bits per heavy atom. The van der Waals surface area contributed by atoms with Crippen molar-refractivity contribution in [1.82, 2.24) is 5.32 Å². The van der Waals surface area contributed by atoms with Gasteiger partial charge in [0, 0.05) is 5.25 Å². The van der Waals surface area contributed by atoms with Gasteiger partial charge in [-0.25, -0.2) is 0 Å². The fourth-order valence-electron chi connectivity index (χ4n) is 1.11. The van der Waals surface area contributed by atoms with Crippen molar-refractivity contribution >= 4 is 11.8 Å². The third-order valence-corrected chi connectivity index (χ3v) is 3.74. The summed E-state index contributed by atoms with van der Waals surface area (Å²) in [6.45, 7) is 7.12. The molecule has 11 heavy (non-hydrogen) atoms. The normalized spacial score (nSPS) is 21.3. The zero-order valence-electron chi connectivity index (χ0n) is 7.60. The van der Waals surface area contributed by atoms with Gasteiger partial charge in [-0.3, -0.25) is 0 Å². The summed E-state index contributed by atoms with van der Waals surface area (Å²) in [5.41, 5.74) is 0. The molecule has 0 aliphatic carbocycles. The summed E-state index contributed by atoms with van der Waals surface area (Å²) in [7, 11) is 0. The third kappa shape index (κ3) is 3.48. The molecule has 1 rings (SSSR count). The SMILES string of the molecule is CCC(C)SCCC1CNC1. The number of nitrogens with one attached hydrogen (secondary N) is 1. The van der Waals surface area contributed by atoms with Gasteiger partial charge in [0.2, 0.25) is 0 Å². The van der Waals surface area contributed by atoms with E-state index in [2.05, 4.69) is 30.9 Å². The van der Waals surface area contributed by atoms with E-state index in [0.717, 1.165) is 11.2 Å². The molecule has 2 heteroatoms. The average Bonchev–Trinajstić information content (AvgIpc) is 1.94. The Morgan fingerprint density at radius 2 is 2.27 bits per heavy atom. The fraction of sp³-hybridized carbons (Fsp3) is 1.00.